The van der Waals surface area contributed by atoms with Crippen LogP contribution < -0.4 is 9.80 Å². The lowest BCUT2D eigenvalue weighted by molar-refractivity contribution is -0.142. The van der Waals surface area contributed by atoms with E-state index in [1.807, 2.05) is 11.0 Å². The van der Waals surface area contributed by atoms with E-state index in [0.29, 0.717) is 19.0 Å². The number of aliphatic carboxylic acids is 1. The lowest BCUT2D eigenvalue weighted by Crippen LogP contribution is -2.36. The number of aromatic nitrogens is 2. The van der Waals surface area contributed by atoms with Crippen molar-refractivity contribution in [1.82, 2.24) is 9.97 Å². The predicted octanol–water partition coefficient (Wildman–Crippen LogP) is 1.37. The highest BCUT2D eigenvalue weighted by molar-refractivity contribution is 5.72. The molecule has 2 saturated heterocycles. The molecule has 2 N–H and O–H groups in total. The highest BCUT2D eigenvalue weighted by Crippen LogP contribution is 2.30. The molecule has 2 atom stereocenters. The standard InChI is InChI=1S/C17H26N4O3/c1-2-3-12-10-21(11-14(12)16(23)24)17-18-7-4-15(19-17)20-8-5-13(22)6-9-20/h4,7,12-14,22H,2-3,5-6,8-11H2,1H3,(H,23,24)/t12-,14-/m1/s1. The summed E-state index contributed by atoms with van der Waals surface area (Å²) in [6.07, 6.45) is 4.93. The second-order valence-corrected chi connectivity index (χ2v) is 6.83. The van der Waals surface area contributed by atoms with Crippen LogP contribution in [0.3, 0.4) is 0 Å². The molecule has 0 amide bonds. The third-order valence-electron chi connectivity index (χ3n) is 5.12. The molecule has 7 nitrogen and oxygen atoms in total. The van der Waals surface area contributed by atoms with Crippen molar-refractivity contribution in [2.75, 3.05) is 36.0 Å². The van der Waals surface area contributed by atoms with Gasteiger partial charge in [-0.3, -0.25) is 4.79 Å². The maximum absolute atomic E-state index is 11.5. The van der Waals surface area contributed by atoms with Gasteiger partial charge in [-0.2, -0.15) is 4.98 Å². The van der Waals surface area contributed by atoms with Crippen molar-refractivity contribution in [3.05, 3.63) is 12.3 Å². The van der Waals surface area contributed by atoms with Crippen molar-refractivity contribution in [3.8, 4) is 0 Å². The Morgan fingerprint density at radius 2 is 2.04 bits per heavy atom. The fourth-order valence-corrected chi connectivity index (χ4v) is 3.74. The minimum Gasteiger partial charge on any atom is -0.481 e. The molecule has 0 aromatic carbocycles. The molecule has 3 heterocycles. The highest BCUT2D eigenvalue weighted by Gasteiger charge is 2.38. The first kappa shape index (κ1) is 17.0. The van der Waals surface area contributed by atoms with Gasteiger partial charge in [-0.05, 0) is 31.2 Å². The first-order valence-corrected chi connectivity index (χ1v) is 8.82. The van der Waals surface area contributed by atoms with E-state index < -0.39 is 5.97 Å². The highest BCUT2D eigenvalue weighted by atomic mass is 16.4. The minimum atomic E-state index is -0.725. The maximum Gasteiger partial charge on any atom is 0.308 e. The number of carboxylic acids is 1. The number of rotatable bonds is 5. The number of carboxylic acid groups (broad SMARTS) is 1. The van der Waals surface area contributed by atoms with Gasteiger partial charge in [0.05, 0.1) is 12.0 Å². The molecular formula is C17H26N4O3. The van der Waals surface area contributed by atoms with Crippen LogP contribution in [0, 0.1) is 11.8 Å². The van der Waals surface area contributed by atoms with Crippen molar-refractivity contribution in [2.24, 2.45) is 11.8 Å². The fourth-order valence-electron chi connectivity index (χ4n) is 3.74. The van der Waals surface area contributed by atoms with Crippen molar-refractivity contribution < 1.29 is 15.0 Å². The van der Waals surface area contributed by atoms with E-state index in [1.165, 1.54) is 0 Å². The van der Waals surface area contributed by atoms with Gasteiger partial charge in [0.2, 0.25) is 5.95 Å². The summed E-state index contributed by atoms with van der Waals surface area (Å²) in [6.45, 7) is 4.83. The summed E-state index contributed by atoms with van der Waals surface area (Å²) in [6, 6.07) is 1.88. The zero-order valence-electron chi connectivity index (χ0n) is 14.1. The van der Waals surface area contributed by atoms with Crippen molar-refractivity contribution >= 4 is 17.7 Å². The van der Waals surface area contributed by atoms with E-state index in [1.54, 1.807) is 6.20 Å². The Hall–Kier alpha value is -1.89. The number of hydrogen-bond acceptors (Lipinski definition) is 6. The van der Waals surface area contributed by atoms with E-state index in [4.69, 9.17) is 0 Å². The van der Waals surface area contributed by atoms with Crippen LogP contribution in [-0.2, 0) is 4.79 Å². The number of piperidine rings is 1. The summed E-state index contributed by atoms with van der Waals surface area (Å²) in [4.78, 5) is 24.7. The molecule has 2 aliphatic rings. The molecule has 3 rings (SSSR count). The largest absolute Gasteiger partial charge is 0.481 e. The van der Waals surface area contributed by atoms with Gasteiger partial charge in [-0.15, -0.1) is 0 Å². The van der Waals surface area contributed by atoms with E-state index >= 15 is 0 Å². The number of aliphatic hydroxyl groups is 1. The number of hydrogen-bond donors (Lipinski definition) is 2. The van der Waals surface area contributed by atoms with Crippen LogP contribution in [0.25, 0.3) is 0 Å². The topological polar surface area (TPSA) is 89.8 Å². The summed E-state index contributed by atoms with van der Waals surface area (Å²) in [7, 11) is 0. The average molecular weight is 334 g/mol. The number of aliphatic hydroxyl groups excluding tert-OH is 1. The molecule has 2 aliphatic heterocycles. The molecule has 0 aliphatic carbocycles. The first-order valence-electron chi connectivity index (χ1n) is 8.82. The molecule has 1 aromatic rings. The molecule has 0 spiro atoms. The molecule has 0 unspecified atom stereocenters. The van der Waals surface area contributed by atoms with Crippen LogP contribution in [0.5, 0.6) is 0 Å². The Morgan fingerprint density at radius 3 is 2.71 bits per heavy atom. The van der Waals surface area contributed by atoms with Gasteiger partial charge in [-0.25, -0.2) is 4.98 Å². The van der Waals surface area contributed by atoms with Gasteiger partial charge < -0.3 is 20.0 Å². The third-order valence-corrected chi connectivity index (χ3v) is 5.12. The van der Waals surface area contributed by atoms with Gasteiger partial charge in [0.1, 0.15) is 5.82 Å². The second-order valence-electron chi connectivity index (χ2n) is 6.83. The van der Waals surface area contributed by atoms with Gasteiger partial charge in [0.25, 0.3) is 0 Å². The molecule has 24 heavy (non-hydrogen) atoms. The van der Waals surface area contributed by atoms with Crippen LogP contribution in [0.1, 0.15) is 32.6 Å². The van der Waals surface area contributed by atoms with Gasteiger partial charge in [-0.1, -0.05) is 13.3 Å². The number of nitrogens with zero attached hydrogens (tertiary/aromatic N) is 4. The van der Waals surface area contributed by atoms with Crippen LogP contribution in [0.15, 0.2) is 12.3 Å². The Kier molecular flexibility index (Phi) is 5.18. The molecule has 0 bridgehead atoms. The van der Waals surface area contributed by atoms with Crippen molar-refractivity contribution in [1.29, 1.82) is 0 Å². The molecule has 7 heteroatoms. The van der Waals surface area contributed by atoms with Gasteiger partial charge in [0.15, 0.2) is 0 Å². The molecule has 2 fully saturated rings. The predicted molar refractivity (Wildman–Crippen MR) is 91.2 cm³/mol. The number of carbonyl (C=O) groups is 1. The van der Waals surface area contributed by atoms with Crippen molar-refractivity contribution in [3.63, 3.8) is 0 Å². The summed E-state index contributed by atoms with van der Waals surface area (Å²) in [5.74, 6) is 0.561. The van der Waals surface area contributed by atoms with Crippen molar-refractivity contribution in [2.45, 2.75) is 38.7 Å². The van der Waals surface area contributed by atoms with E-state index in [9.17, 15) is 15.0 Å². The molecule has 132 valence electrons. The minimum absolute atomic E-state index is 0.157. The molecule has 0 radical (unpaired) electrons. The average Bonchev–Trinajstić information content (AvgIpc) is 3.00. The quantitative estimate of drug-likeness (QED) is 0.840. The monoisotopic (exact) mass is 334 g/mol. The SMILES string of the molecule is CCC[C@@H]1CN(c2nccc(N3CCC(O)CC3)n2)C[C@H]1C(=O)O. The molecular weight excluding hydrogens is 308 g/mol. The second kappa shape index (κ2) is 7.34. The Morgan fingerprint density at radius 1 is 1.29 bits per heavy atom. The first-order chi connectivity index (χ1) is 11.6. The van der Waals surface area contributed by atoms with Crippen LogP contribution in [0.4, 0.5) is 11.8 Å². The zero-order chi connectivity index (χ0) is 17.1. The summed E-state index contributed by atoms with van der Waals surface area (Å²) in [5, 5.41) is 19.1. The number of anilines is 2. The summed E-state index contributed by atoms with van der Waals surface area (Å²) < 4.78 is 0. The van der Waals surface area contributed by atoms with E-state index in [2.05, 4.69) is 21.8 Å². The maximum atomic E-state index is 11.5. The van der Waals surface area contributed by atoms with Crippen LogP contribution in [0.2, 0.25) is 0 Å². The lowest BCUT2D eigenvalue weighted by atomic mass is 9.92. The molecule has 0 saturated carbocycles. The summed E-state index contributed by atoms with van der Waals surface area (Å²) in [5.41, 5.74) is 0. The van der Waals surface area contributed by atoms with Crippen LogP contribution >= 0.6 is 0 Å². The smallest absolute Gasteiger partial charge is 0.308 e. The van der Waals surface area contributed by atoms with Gasteiger partial charge >= 0.3 is 5.97 Å². The third kappa shape index (κ3) is 3.61. The van der Waals surface area contributed by atoms with Gasteiger partial charge in [0, 0.05) is 32.4 Å². The zero-order valence-corrected chi connectivity index (χ0v) is 14.1. The summed E-state index contributed by atoms with van der Waals surface area (Å²) >= 11 is 0. The fraction of sp³-hybridized carbons (Fsp3) is 0.706. The normalized spacial score (nSPS) is 25.2. The molecule has 1 aromatic heterocycles. The van der Waals surface area contributed by atoms with Crippen LogP contribution in [-0.4, -0.2) is 58.4 Å². The van der Waals surface area contributed by atoms with E-state index in [-0.39, 0.29) is 17.9 Å². The lowest BCUT2D eigenvalue weighted by Gasteiger charge is -2.31. The Labute approximate surface area is 142 Å². The Balaban J connectivity index is 1.73. The Bertz CT molecular complexity index is 575. The van der Waals surface area contributed by atoms with E-state index in [0.717, 1.165) is 44.6 Å².